The van der Waals surface area contributed by atoms with Gasteiger partial charge in [0.1, 0.15) is 0 Å². The molecule has 1 rings (SSSR count). The van der Waals surface area contributed by atoms with Gasteiger partial charge in [0.25, 0.3) is 0 Å². The van der Waals surface area contributed by atoms with E-state index in [1.807, 2.05) is 6.92 Å². The second-order valence-corrected chi connectivity index (χ2v) is 6.00. The quantitative estimate of drug-likeness (QED) is 0.641. The van der Waals surface area contributed by atoms with Crippen LogP contribution in [0.1, 0.15) is 58.8 Å². The molecule has 0 radical (unpaired) electrons. The van der Waals surface area contributed by atoms with Gasteiger partial charge in [-0.3, -0.25) is 4.79 Å². The van der Waals surface area contributed by atoms with Gasteiger partial charge in [-0.05, 0) is 30.6 Å². The maximum absolute atomic E-state index is 11.8. The molecule has 0 aromatic carbocycles. The molecule has 0 bridgehead atoms. The van der Waals surface area contributed by atoms with E-state index in [2.05, 4.69) is 17.6 Å². The summed E-state index contributed by atoms with van der Waals surface area (Å²) in [5.41, 5.74) is 0.280. The van der Waals surface area contributed by atoms with E-state index in [4.69, 9.17) is 5.11 Å². The average molecular weight is 284 g/mol. The number of carboxylic acids is 1. The minimum absolute atomic E-state index is 0.00451. The van der Waals surface area contributed by atoms with Crippen molar-refractivity contribution < 1.29 is 14.7 Å². The van der Waals surface area contributed by atoms with Gasteiger partial charge in [-0.1, -0.05) is 33.1 Å². The van der Waals surface area contributed by atoms with Crippen LogP contribution in [0.25, 0.3) is 0 Å². The summed E-state index contributed by atoms with van der Waals surface area (Å²) in [7, 11) is 0. The Bertz CT molecular complexity index is 325. The number of rotatable bonds is 8. The van der Waals surface area contributed by atoms with Crippen LogP contribution in [0.2, 0.25) is 0 Å². The summed E-state index contributed by atoms with van der Waals surface area (Å²) in [4.78, 5) is 22.5. The van der Waals surface area contributed by atoms with E-state index in [1.54, 1.807) is 0 Å². The molecule has 20 heavy (non-hydrogen) atoms. The van der Waals surface area contributed by atoms with E-state index in [9.17, 15) is 9.59 Å². The van der Waals surface area contributed by atoms with Gasteiger partial charge in [0, 0.05) is 19.5 Å². The summed E-state index contributed by atoms with van der Waals surface area (Å²) in [6, 6.07) is -0.173. The fourth-order valence-corrected chi connectivity index (χ4v) is 2.96. The SMILES string of the molecule is CCC(CNC(=O)NCC1(CC)CCCC1)CC(=O)O. The monoisotopic (exact) mass is 284 g/mol. The van der Waals surface area contributed by atoms with Crippen molar-refractivity contribution in [3.05, 3.63) is 0 Å². The first-order chi connectivity index (χ1) is 9.51. The first-order valence-electron chi connectivity index (χ1n) is 7.75. The molecule has 1 aliphatic carbocycles. The van der Waals surface area contributed by atoms with E-state index in [1.165, 1.54) is 25.7 Å². The largest absolute Gasteiger partial charge is 0.481 e. The highest BCUT2D eigenvalue weighted by Crippen LogP contribution is 2.40. The fourth-order valence-electron chi connectivity index (χ4n) is 2.96. The molecular weight excluding hydrogens is 256 g/mol. The summed E-state index contributed by atoms with van der Waals surface area (Å²) < 4.78 is 0. The molecule has 0 spiro atoms. The molecule has 0 heterocycles. The molecule has 1 fully saturated rings. The van der Waals surface area contributed by atoms with Crippen molar-refractivity contribution >= 4 is 12.0 Å². The molecule has 5 heteroatoms. The Morgan fingerprint density at radius 2 is 1.85 bits per heavy atom. The maximum Gasteiger partial charge on any atom is 0.314 e. The van der Waals surface area contributed by atoms with Crippen molar-refractivity contribution in [2.45, 2.75) is 58.8 Å². The van der Waals surface area contributed by atoms with Gasteiger partial charge in [-0.25, -0.2) is 4.79 Å². The Balaban J connectivity index is 2.27. The van der Waals surface area contributed by atoms with Crippen molar-refractivity contribution in [1.29, 1.82) is 0 Å². The van der Waals surface area contributed by atoms with Gasteiger partial charge in [0.05, 0.1) is 0 Å². The Morgan fingerprint density at radius 3 is 2.35 bits per heavy atom. The molecule has 1 saturated carbocycles. The third kappa shape index (κ3) is 5.39. The van der Waals surface area contributed by atoms with E-state index in [0.29, 0.717) is 6.54 Å². The molecule has 0 aliphatic heterocycles. The summed E-state index contributed by atoms with van der Waals surface area (Å²) in [6.07, 6.45) is 6.87. The fraction of sp³-hybridized carbons (Fsp3) is 0.867. The standard InChI is InChI=1S/C15H28N2O3/c1-3-12(9-13(18)19)10-16-14(20)17-11-15(4-2)7-5-6-8-15/h12H,3-11H2,1-2H3,(H,18,19)(H2,16,17,20). The highest BCUT2D eigenvalue weighted by Gasteiger charge is 2.32. The molecule has 1 atom stereocenters. The van der Waals surface area contributed by atoms with Crippen LogP contribution in [0.3, 0.4) is 0 Å². The second-order valence-electron chi connectivity index (χ2n) is 6.00. The van der Waals surface area contributed by atoms with Gasteiger partial charge in [-0.15, -0.1) is 0 Å². The van der Waals surface area contributed by atoms with Gasteiger partial charge in [-0.2, -0.15) is 0 Å². The van der Waals surface area contributed by atoms with Crippen LogP contribution < -0.4 is 10.6 Å². The smallest absolute Gasteiger partial charge is 0.314 e. The number of amides is 2. The number of urea groups is 1. The van der Waals surface area contributed by atoms with E-state index in [0.717, 1.165) is 19.4 Å². The Kier molecular flexibility index (Phi) is 6.82. The average Bonchev–Trinajstić information content (AvgIpc) is 2.90. The molecule has 1 unspecified atom stereocenters. The summed E-state index contributed by atoms with van der Waals surface area (Å²) in [6.45, 7) is 5.28. The Hall–Kier alpha value is -1.26. The van der Waals surface area contributed by atoms with Crippen molar-refractivity contribution in [1.82, 2.24) is 10.6 Å². The second kappa shape index (κ2) is 8.12. The lowest BCUT2D eigenvalue weighted by molar-refractivity contribution is -0.138. The van der Waals surface area contributed by atoms with Gasteiger partial charge in [0.15, 0.2) is 0 Å². The third-order valence-electron chi connectivity index (χ3n) is 4.63. The zero-order valence-corrected chi connectivity index (χ0v) is 12.7. The van der Waals surface area contributed by atoms with Crippen LogP contribution in [0.15, 0.2) is 0 Å². The lowest BCUT2D eigenvalue weighted by atomic mass is 9.83. The van der Waals surface area contributed by atoms with Crippen LogP contribution in [0.5, 0.6) is 0 Å². The summed E-state index contributed by atoms with van der Waals surface area (Å²) >= 11 is 0. The van der Waals surface area contributed by atoms with Crippen molar-refractivity contribution in [3.8, 4) is 0 Å². The van der Waals surface area contributed by atoms with Crippen molar-refractivity contribution in [3.63, 3.8) is 0 Å². The molecule has 0 aromatic rings. The zero-order valence-electron chi connectivity index (χ0n) is 12.7. The van der Waals surface area contributed by atoms with Crippen LogP contribution in [0.4, 0.5) is 4.79 Å². The molecule has 116 valence electrons. The lowest BCUT2D eigenvalue weighted by Gasteiger charge is -2.27. The predicted octanol–water partition coefficient (Wildman–Crippen LogP) is 2.76. The van der Waals surface area contributed by atoms with E-state index < -0.39 is 5.97 Å². The van der Waals surface area contributed by atoms with Crippen molar-refractivity contribution in [2.75, 3.05) is 13.1 Å². The Labute approximate surface area is 121 Å². The number of hydrogen-bond donors (Lipinski definition) is 3. The normalized spacial score (nSPS) is 18.5. The number of carbonyl (C=O) groups excluding carboxylic acids is 1. The lowest BCUT2D eigenvalue weighted by Crippen LogP contribution is -2.43. The van der Waals surface area contributed by atoms with Crippen LogP contribution in [-0.4, -0.2) is 30.2 Å². The Morgan fingerprint density at radius 1 is 1.20 bits per heavy atom. The van der Waals surface area contributed by atoms with Crippen LogP contribution >= 0.6 is 0 Å². The summed E-state index contributed by atoms with van der Waals surface area (Å²) in [5.74, 6) is -0.806. The highest BCUT2D eigenvalue weighted by atomic mass is 16.4. The van der Waals surface area contributed by atoms with E-state index in [-0.39, 0.29) is 23.8 Å². The third-order valence-corrected chi connectivity index (χ3v) is 4.63. The molecule has 0 saturated heterocycles. The number of carbonyl (C=O) groups is 2. The van der Waals surface area contributed by atoms with Crippen LogP contribution in [0, 0.1) is 11.3 Å². The van der Waals surface area contributed by atoms with Gasteiger partial charge < -0.3 is 15.7 Å². The molecule has 2 amide bonds. The molecule has 5 nitrogen and oxygen atoms in total. The molecule has 3 N–H and O–H groups in total. The molecule has 1 aliphatic rings. The zero-order chi connectivity index (χ0) is 15.0. The molecule has 0 aromatic heterocycles. The minimum atomic E-state index is -0.810. The van der Waals surface area contributed by atoms with Gasteiger partial charge in [0.2, 0.25) is 0 Å². The van der Waals surface area contributed by atoms with Gasteiger partial charge >= 0.3 is 12.0 Å². The predicted molar refractivity (Wildman–Crippen MR) is 78.6 cm³/mol. The topological polar surface area (TPSA) is 78.4 Å². The van der Waals surface area contributed by atoms with Crippen molar-refractivity contribution in [2.24, 2.45) is 11.3 Å². The van der Waals surface area contributed by atoms with E-state index >= 15 is 0 Å². The highest BCUT2D eigenvalue weighted by molar-refractivity contribution is 5.74. The number of carboxylic acid groups (broad SMARTS) is 1. The number of aliphatic carboxylic acids is 1. The summed E-state index contributed by atoms with van der Waals surface area (Å²) in [5, 5.41) is 14.5. The molecular formula is C15H28N2O3. The number of hydrogen-bond acceptors (Lipinski definition) is 2. The minimum Gasteiger partial charge on any atom is -0.481 e. The first-order valence-corrected chi connectivity index (χ1v) is 7.75. The van der Waals surface area contributed by atoms with Crippen LogP contribution in [-0.2, 0) is 4.79 Å². The maximum atomic E-state index is 11.8. The number of nitrogens with one attached hydrogen (secondary N) is 2. The first kappa shape index (κ1) is 16.8.